The van der Waals surface area contributed by atoms with Crippen LogP contribution in [0.1, 0.15) is 9.67 Å². The standard InChI is InChI=1S/C5HCl3OS/c6-2-1-3(4(7)9)10-5(2)8/h1H. The van der Waals surface area contributed by atoms with E-state index in [4.69, 9.17) is 34.8 Å². The Labute approximate surface area is 76.5 Å². The first-order chi connectivity index (χ1) is 4.61. The molecule has 5 heteroatoms. The summed E-state index contributed by atoms with van der Waals surface area (Å²) in [6.07, 6.45) is 0. The van der Waals surface area contributed by atoms with E-state index in [0.29, 0.717) is 14.2 Å². The van der Waals surface area contributed by atoms with Gasteiger partial charge < -0.3 is 0 Å². The van der Waals surface area contributed by atoms with Crippen LogP contribution in [-0.2, 0) is 0 Å². The number of hydrogen-bond acceptors (Lipinski definition) is 2. The molecule has 0 aliphatic rings. The van der Waals surface area contributed by atoms with Gasteiger partial charge in [0, 0.05) is 0 Å². The topological polar surface area (TPSA) is 17.1 Å². The van der Waals surface area contributed by atoms with E-state index in [2.05, 4.69) is 0 Å². The van der Waals surface area contributed by atoms with Gasteiger partial charge in [-0.2, -0.15) is 0 Å². The van der Waals surface area contributed by atoms with Crippen molar-refractivity contribution in [3.8, 4) is 0 Å². The van der Waals surface area contributed by atoms with Gasteiger partial charge in [0.25, 0.3) is 5.24 Å². The second kappa shape index (κ2) is 3.09. The summed E-state index contributed by atoms with van der Waals surface area (Å²) in [6, 6.07) is 1.45. The predicted octanol–water partition coefficient (Wildman–Crippen LogP) is 3.43. The minimum Gasteiger partial charge on any atom is -0.275 e. The van der Waals surface area contributed by atoms with E-state index >= 15 is 0 Å². The number of carbonyl (C=O) groups excluding carboxylic acids is 1. The average molecular weight is 215 g/mol. The summed E-state index contributed by atoms with van der Waals surface area (Å²) in [6.45, 7) is 0. The number of rotatable bonds is 1. The zero-order valence-corrected chi connectivity index (χ0v) is 7.61. The van der Waals surface area contributed by atoms with Gasteiger partial charge >= 0.3 is 0 Å². The highest BCUT2D eigenvalue weighted by molar-refractivity contribution is 7.20. The molecule has 1 aromatic rings. The summed E-state index contributed by atoms with van der Waals surface area (Å²) < 4.78 is 0.394. The zero-order chi connectivity index (χ0) is 7.72. The van der Waals surface area contributed by atoms with Crippen molar-refractivity contribution in [1.29, 1.82) is 0 Å². The highest BCUT2D eigenvalue weighted by Gasteiger charge is 2.08. The minimum atomic E-state index is -0.529. The van der Waals surface area contributed by atoms with Crippen LogP contribution < -0.4 is 0 Å². The molecule has 0 amide bonds. The minimum absolute atomic E-state index is 0.371. The van der Waals surface area contributed by atoms with Crippen molar-refractivity contribution in [2.75, 3.05) is 0 Å². The second-order valence-electron chi connectivity index (χ2n) is 1.51. The molecule has 1 aromatic heterocycles. The Balaban J connectivity index is 3.10. The molecule has 0 spiro atoms. The first kappa shape index (κ1) is 8.34. The van der Waals surface area contributed by atoms with Crippen molar-refractivity contribution in [3.63, 3.8) is 0 Å². The molecule has 10 heavy (non-hydrogen) atoms. The maximum absolute atomic E-state index is 10.5. The van der Waals surface area contributed by atoms with Gasteiger partial charge in [0.1, 0.15) is 4.34 Å². The molecule has 0 radical (unpaired) electrons. The first-order valence-corrected chi connectivity index (χ1v) is 4.21. The zero-order valence-electron chi connectivity index (χ0n) is 4.53. The molecule has 0 aromatic carbocycles. The molecule has 0 unspecified atom stereocenters. The summed E-state index contributed by atoms with van der Waals surface area (Å²) in [4.78, 5) is 10.8. The van der Waals surface area contributed by atoms with Gasteiger partial charge in [0.2, 0.25) is 0 Å². The average Bonchev–Trinajstić information content (AvgIpc) is 2.13. The molecule has 0 fully saturated rings. The van der Waals surface area contributed by atoms with Gasteiger partial charge in [0.15, 0.2) is 0 Å². The van der Waals surface area contributed by atoms with Crippen molar-refractivity contribution in [1.82, 2.24) is 0 Å². The van der Waals surface area contributed by atoms with Gasteiger partial charge in [-0.1, -0.05) is 23.2 Å². The fourth-order valence-corrected chi connectivity index (χ4v) is 1.81. The lowest BCUT2D eigenvalue weighted by atomic mass is 10.5. The Morgan fingerprint density at radius 3 is 2.30 bits per heavy atom. The first-order valence-electron chi connectivity index (χ1n) is 2.26. The number of hydrogen-bond donors (Lipinski definition) is 0. The molecule has 0 aliphatic carbocycles. The molecular weight excluding hydrogens is 214 g/mol. The SMILES string of the molecule is O=C(Cl)c1cc(Cl)c(Cl)s1. The van der Waals surface area contributed by atoms with Gasteiger partial charge in [0.05, 0.1) is 9.90 Å². The van der Waals surface area contributed by atoms with Crippen LogP contribution in [0.2, 0.25) is 9.36 Å². The third-order valence-electron chi connectivity index (χ3n) is 0.839. The number of carbonyl (C=O) groups is 1. The maximum atomic E-state index is 10.5. The largest absolute Gasteiger partial charge is 0.275 e. The van der Waals surface area contributed by atoms with E-state index < -0.39 is 5.24 Å². The van der Waals surface area contributed by atoms with Crippen LogP contribution in [-0.4, -0.2) is 5.24 Å². The molecule has 0 saturated carbocycles. The molecule has 1 nitrogen and oxygen atoms in total. The third kappa shape index (κ3) is 1.64. The summed E-state index contributed by atoms with van der Waals surface area (Å²) in [5, 5.41) is -0.158. The molecule has 0 bridgehead atoms. The molecule has 0 saturated heterocycles. The Bertz CT molecular complexity index is 248. The van der Waals surface area contributed by atoms with Crippen molar-refractivity contribution >= 4 is 51.4 Å². The fourth-order valence-electron chi connectivity index (χ4n) is 0.443. The molecule has 1 rings (SSSR count). The lowest BCUT2D eigenvalue weighted by Crippen LogP contribution is -1.78. The molecule has 0 N–H and O–H groups in total. The molecule has 54 valence electrons. The van der Waals surface area contributed by atoms with E-state index in [0.717, 1.165) is 11.3 Å². The highest BCUT2D eigenvalue weighted by atomic mass is 35.5. The van der Waals surface area contributed by atoms with Crippen molar-refractivity contribution in [3.05, 3.63) is 20.3 Å². The van der Waals surface area contributed by atoms with E-state index in [1.807, 2.05) is 0 Å². The number of halogens is 3. The smallest absolute Gasteiger partial charge is 0.262 e. The molecule has 0 aliphatic heterocycles. The summed E-state index contributed by atoms with van der Waals surface area (Å²) in [5.41, 5.74) is 0. The highest BCUT2D eigenvalue weighted by Crippen LogP contribution is 2.32. The molecule has 1 heterocycles. The van der Waals surface area contributed by atoms with Crippen LogP contribution in [0.25, 0.3) is 0 Å². The van der Waals surface area contributed by atoms with E-state index in [-0.39, 0.29) is 0 Å². The monoisotopic (exact) mass is 214 g/mol. The van der Waals surface area contributed by atoms with E-state index in [1.165, 1.54) is 6.07 Å². The molecule has 0 atom stereocenters. The fraction of sp³-hybridized carbons (Fsp3) is 0. The van der Waals surface area contributed by atoms with Crippen LogP contribution in [0.5, 0.6) is 0 Å². The Morgan fingerprint density at radius 1 is 1.50 bits per heavy atom. The van der Waals surface area contributed by atoms with Crippen LogP contribution in [0.15, 0.2) is 6.07 Å². The van der Waals surface area contributed by atoms with E-state index in [1.54, 1.807) is 0 Å². The lowest BCUT2D eigenvalue weighted by Gasteiger charge is -1.77. The third-order valence-corrected chi connectivity index (χ3v) is 3.02. The Kier molecular flexibility index (Phi) is 2.58. The summed E-state index contributed by atoms with van der Waals surface area (Å²) in [5.74, 6) is 0. The normalized spacial score (nSPS) is 9.90. The maximum Gasteiger partial charge on any atom is 0.262 e. The van der Waals surface area contributed by atoms with Crippen LogP contribution >= 0.6 is 46.1 Å². The summed E-state index contributed by atoms with van der Waals surface area (Å²) in [7, 11) is 0. The van der Waals surface area contributed by atoms with Gasteiger partial charge in [-0.3, -0.25) is 4.79 Å². The quantitative estimate of drug-likeness (QED) is 0.656. The van der Waals surface area contributed by atoms with Crippen LogP contribution in [0.4, 0.5) is 0 Å². The summed E-state index contributed by atoms with van der Waals surface area (Å²) >= 11 is 17.3. The van der Waals surface area contributed by atoms with Gasteiger partial charge in [-0.25, -0.2) is 0 Å². The Hall–Kier alpha value is 0.240. The van der Waals surface area contributed by atoms with Crippen molar-refractivity contribution < 1.29 is 4.79 Å². The van der Waals surface area contributed by atoms with Gasteiger partial charge in [-0.15, -0.1) is 11.3 Å². The van der Waals surface area contributed by atoms with Gasteiger partial charge in [-0.05, 0) is 17.7 Å². The lowest BCUT2D eigenvalue weighted by molar-refractivity contribution is 0.108. The predicted molar refractivity (Wildman–Crippen MR) is 44.5 cm³/mol. The van der Waals surface area contributed by atoms with Crippen LogP contribution in [0.3, 0.4) is 0 Å². The second-order valence-corrected chi connectivity index (χ2v) is 3.91. The van der Waals surface area contributed by atoms with Crippen molar-refractivity contribution in [2.45, 2.75) is 0 Å². The van der Waals surface area contributed by atoms with Crippen molar-refractivity contribution in [2.24, 2.45) is 0 Å². The molecular formula is C5HCl3OS. The van der Waals surface area contributed by atoms with E-state index in [9.17, 15) is 4.79 Å². The van der Waals surface area contributed by atoms with Crippen LogP contribution in [0, 0.1) is 0 Å². The number of thiophene rings is 1. The Morgan fingerprint density at radius 2 is 2.10 bits per heavy atom.